The highest BCUT2D eigenvalue weighted by Gasteiger charge is 2.17. The average molecular weight is 351 g/mol. The maximum absolute atomic E-state index is 12.7. The highest BCUT2D eigenvalue weighted by Crippen LogP contribution is 2.22. The van der Waals surface area contributed by atoms with Crippen molar-refractivity contribution < 1.29 is 4.79 Å². The minimum atomic E-state index is 0.118. The fourth-order valence-electron chi connectivity index (χ4n) is 3.38. The fourth-order valence-corrected chi connectivity index (χ4v) is 3.38. The Hall–Kier alpha value is -2.49. The number of nitrogens with one attached hydrogen (secondary N) is 1. The molecule has 1 aliphatic rings. The molecule has 2 aromatic rings. The Morgan fingerprint density at radius 1 is 1.04 bits per heavy atom. The van der Waals surface area contributed by atoms with Gasteiger partial charge < -0.3 is 15.1 Å². The molecule has 1 amide bonds. The van der Waals surface area contributed by atoms with Gasteiger partial charge in [-0.05, 0) is 56.5 Å². The third-order valence-corrected chi connectivity index (χ3v) is 4.92. The van der Waals surface area contributed by atoms with E-state index >= 15 is 0 Å². The lowest BCUT2D eigenvalue weighted by Gasteiger charge is -2.27. The topological polar surface area (TPSA) is 35.6 Å². The van der Waals surface area contributed by atoms with Crippen LogP contribution in [0.1, 0.15) is 32.3 Å². The first-order valence-corrected chi connectivity index (χ1v) is 9.56. The van der Waals surface area contributed by atoms with Crippen LogP contribution in [-0.2, 0) is 11.3 Å². The number of hydrogen-bond donors (Lipinski definition) is 1. The van der Waals surface area contributed by atoms with Crippen molar-refractivity contribution in [1.82, 2.24) is 4.90 Å². The molecule has 1 heterocycles. The molecule has 3 rings (SSSR count). The Morgan fingerprint density at radius 2 is 1.69 bits per heavy atom. The molecular weight excluding hydrogens is 322 g/mol. The molecule has 2 aromatic carbocycles. The van der Waals surface area contributed by atoms with Crippen LogP contribution >= 0.6 is 0 Å². The summed E-state index contributed by atoms with van der Waals surface area (Å²) in [6.07, 6.45) is 2.56. The Bertz CT molecular complexity index is 691. The van der Waals surface area contributed by atoms with E-state index in [0.717, 1.165) is 24.3 Å². The van der Waals surface area contributed by atoms with E-state index in [1.54, 1.807) is 0 Å². The second-order valence-corrected chi connectivity index (χ2v) is 7.20. The van der Waals surface area contributed by atoms with Crippen LogP contribution in [0.25, 0.3) is 0 Å². The van der Waals surface area contributed by atoms with Crippen molar-refractivity contribution in [2.24, 2.45) is 0 Å². The van der Waals surface area contributed by atoms with E-state index in [2.05, 4.69) is 60.5 Å². The van der Waals surface area contributed by atoms with Crippen molar-refractivity contribution >= 4 is 17.3 Å². The van der Waals surface area contributed by atoms with Gasteiger partial charge in [0.25, 0.3) is 0 Å². The molecule has 0 unspecified atom stereocenters. The first-order chi connectivity index (χ1) is 12.6. The molecule has 0 spiro atoms. The highest BCUT2D eigenvalue weighted by atomic mass is 16.2. The Balaban J connectivity index is 1.55. The maximum Gasteiger partial charge on any atom is 0.242 e. The zero-order chi connectivity index (χ0) is 18.4. The predicted molar refractivity (Wildman–Crippen MR) is 109 cm³/mol. The van der Waals surface area contributed by atoms with Crippen LogP contribution in [0.15, 0.2) is 54.6 Å². The Labute approximate surface area is 156 Å². The standard InChI is InChI=1S/C22H29N3O/c1-18(2)25(17-19-8-4-3-5-9-19)22(26)16-23-20-10-12-21(13-11-20)24-14-6-7-15-24/h3-5,8-13,18,23H,6-7,14-17H2,1-2H3. The lowest BCUT2D eigenvalue weighted by atomic mass is 10.2. The summed E-state index contributed by atoms with van der Waals surface area (Å²) in [5.74, 6) is 0.118. The zero-order valence-corrected chi connectivity index (χ0v) is 15.8. The van der Waals surface area contributed by atoms with Gasteiger partial charge in [0.2, 0.25) is 5.91 Å². The molecule has 1 saturated heterocycles. The molecule has 1 N–H and O–H groups in total. The third kappa shape index (κ3) is 4.78. The molecule has 4 nitrogen and oxygen atoms in total. The Kier molecular flexibility index (Phi) is 6.16. The van der Waals surface area contributed by atoms with Crippen molar-refractivity contribution in [3.8, 4) is 0 Å². The molecular formula is C22H29N3O. The zero-order valence-electron chi connectivity index (χ0n) is 15.8. The summed E-state index contributed by atoms with van der Waals surface area (Å²) in [6.45, 7) is 7.38. The summed E-state index contributed by atoms with van der Waals surface area (Å²) in [7, 11) is 0. The van der Waals surface area contributed by atoms with E-state index in [1.807, 2.05) is 23.1 Å². The number of carbonyl (C=O) groups is 1. The van der Waals surface area contributed by atoms with E-state index in [1.165, 1.54) is 18.5 Å². The number of hydrogen-bond acceptors (Lipinski definition) is 3. The van der Waals surface area contributed by atoms with Crippen molar-refractivity contribution in [3.63, 3.8) is 0 Å². The van der Waals surface area contributed by atoms with E-state index in [9.17, 15) is 4.79 Å². The van der Waals surface area contributed by atoms with Gasteiger partial charge in [0.15, 0.2) is 0 Å². The molecule has 1 fully saturated rings. The number of amides is 1. The SMILES string of the molecule is CC(C)N(Cc1ccccc1)C(=O)CNc1ccc(N2CCCC2)cc1. The third-order valence-electron chi connectivity index (χ3n) is 4.92. The monoisotopic (exact) mass is 351 g/mol. The molecule has 4 heteroatoms. The number of carbonyl (C=O) groups excluding carboxylic acids is 1. The first-order valence-electron chi connectivity index (χ1n) is 9.56. The van der Waals surface area contributed by atoms with E-state index in [0.29, 0.717) is 13.1 Å². The van der Waals surface area contributed by atoms with Crippen molar-refractivity contribution in [2.45, 2.75) is 39.3 Å². The number of benzene rings is 2. The molecule has 1 aliphatic heterocycles. The van der Waals surface area contributed by atoms with Crippen LogP contribution in [0.3, 0.4) is 0 Å². The molecule has 0 saturated carbocycles. The van der Waals surface area contributed by atoms with Crippen molar-refractivity contribution in [1.29, 1.82) is 0 Å². The maximum atomic E-state index is 12.7. The second-order valence-electron chi connectivity index (χ2n) is 7.20. The van der Waals surface area contributed by atoms with Crippen LogP contribution in [0.5, 0.6) is 0 Å². The van der Waals surface area contributed by atoms with Gasteiger partial charge in [-0.3, -0.25) is 4.79 Å². The molecule has 0 aromatic heterocycles. The fraction of sp³-hybridized carbons (Fsp3) is 0.409. The van der Waals surface area contributed by atoms with Crippen LogP contribution in [0, 0.1) is 0 Å². The lowest BCUT2D eigenvalue weighted by Crippen LogP contribution is -2.39. The molecule has 0 radical (unpaired) electrons. The van der Waals surface area contributed by atoms with Gasteiger partial charge in [0.1, 0.15) is 0 Å². The van der Waals surface area contributed by atoms with Crippen LogP contribution in [-0.4, -0.2) is 36.5 Å². The summed E-state index contributed by atoms with van der Waals surface area (Å²) in [6, 6.07) is 18.7. The quantitative estimate of drug-likeness (QED) is 0.814. The number of anilines is 2. The van der Waals surface area contributed by atoms with Gasteiger partial charge in [-0.25, -0.2) is 0 Å². The summed E-state index contributed by atoms with van der Waals surface area (Å²) in [4.78, 5) is 17.0. The van der Waals surface area contributed by atoms with Crippen molar-refractivity contribution in [3.05, 3.63) is 60.2 Å². The minimum absolute atomic E-state index is 0.118. The molecule has 0 aliphatic carbocycles. The lowest BCUT2D eigenvalue weighted by molar-refractivity contribution is -0.131. The number of rotatable bonds is 7. The Morgan fingerprint density at radius 3 is 2.31 bits per heavy atom. The second kappa shape index (κ2) is 8.75. The smallest absolute Gasteiger partial charge is 0.242 e. The van der Waals surface area contributed by atoms with Crippen LogP contribution in [0.4, 0.5) is 11.4 Å². The molecule has 26 heavy (non-hydrogen) atoms. The van der Waals surface area contributed by atoms with Gasteiger partial charge in [-0.2, -0.15) is 0 Å². The van der Waals surface area contributed by atoms with E-state index < -0.39 is 0 Å². The molecule has 0 atom stereocenters. The normalized spacial score (nSPS) is 13.9. The largest absolute Gasteiger partial charge is 0.376 e. The highest BCUT2D eigenvalue weighted by molar-refractivity contribution is 5.81. The van der Waals surface area contributed by atoms with Gasteiger partial charge in [-0.15, -0.1) is 0 Å². The number of nitrogens with zero attached hydrogens (tertiary/aromatic N) is 2. The van der Waals surface area contributed by atoms with Gasteiger partial charge in [0.05, 0.1) is 6.54 Å². The average Bonchev–Trinajstić information content (AvgIpc) is 3.20. The van der Waals surface area contributed by atoms with E-state index in [4.69, 9.17) is 0 Å². The summed E-state index contributed by atoms with van der Waals surface area (Å²) in [5.41, 5.74) is 3.42. The summed E-state index contributed by atoms with van der Waals surface area (Å²) in [5, 5.41) is 3.27. The van der Waals surface area contributed by atoms with Gasteiger partial charge in [0, 0.05) is 37.1 Å². The summed E-state index contributed by atoms with van der Waals surface area (Å²) < 4.78 is 0. The van der Waals surface area contributed by atoms with Gasteiger partial charge in [-0.1, -0.05) is 30.3 Å². The van der Waals surface area contributed by atoms with Crippen molar-refractivity contribution in [2.75, 3.05) is 29.9 Å². The van der Waals surface area contributed by atoms with Crippen LogP contribution in [0.2, 0.25) is 0 Å². The summed E-state index contributed by atoms with van der Waals surface area (Å²) >= 11 is 0. The van der Waals surface area contributed by atoms with Gasteiger partial charge >= 0.3 is 0 Å². The van der Waals surface area contributed by atoms with E-state index in [-0.39, 0.29) is 11.9 Å². The molecule has 138 valence electrons. The first kappa shape index (κ1) is 18.3. The molecule has 0 bridgehead atoms. The minimum Gasteiger partial charge on any atom is -0.376 e. The predicted octanol–water partition coefficient (Wildman–Crippen LogP) is 4.14. The van der Waals surface area contributed by atoms with Crippen LogP contribution < -0.4 is 10.2 Å².